The van der Waals surface area contributed by atoms with Crippen molar-refractivity contribution < 1.29 is 9.84 Å². The molecule has 1 heterocycles. The number of hydrogen-bond donors (Lipinski definition) is 2. The van der Waals surface area contributed by atoms with Gasteiger partial charge in [0.25, 0.3) is 0 Å². The van der Waals surface area contributed by atoms with E-state index in [1.165, 1.54) is 0 Å². The summed E-state index contributed by atoms with van der Waals surface area (Å²) in [6.45, 7) is 3.17. The summed E-state index contributed by atoms with van der Waals surface area (Å²) >= 11 is 1.66. The zero-order valence-electron chi connectivity index (χ0n) is 9.64. The Kier molecular flexibility index (Phi) is 3.88. The van der Waals surface area contributed by atoms with Gasteiger partial charge in [0.1, 0.15) is 0 Å². The molecule has 2 rings (SSSR count). The van der Waals surface area contributed by atoms with Crippen LogP contribution >= 0.6 is 11.3 Å². The van der Waals surface area contributed by atoms with Crippen LogP contribution in [0.5, 0.6) is 11.5 Å². The quantitative estimate of drug-likeness (QED) is 0.852. The molecule has 0 saturated carbocycles. The van der Waals surface area contributed by atoms with Crippen LogP contribution < -0.4 is 10.1 Å². The number of thiophene rings is 1. The van der Waals surface area contributed by atoms with Crippen molar-refractivity contribution in [3.63, 3.8) is 0 Å². The van der Waals surface area contributed by atoms with Crippen molar-refractivity contribution in [2.24, 2.45) is 0 Å². The number of anilines is 1. The normalized spacial score (nSPS) is 10.2. The van der Waals surface area contributed by atoms with Gasteiger partial charge in [-0.1, -0.05) is 6.07 Å². The van der Waals surface area contributed by atoms with Crippen molar-refractivity contribution in [3.05, 3.63) is 40.6 Å². The molecule has 0 atom stereocenters. The molecule has 0 saturated heterocycles. The Balaban J connectivity index is 2.03. The number of aromatic hydroxyl groups is 1. The van der Waals surface area contributed by atoms with Gasteiger partial charge in [-0.3, -0.25) is 0 Å². The fourth-order valence-electron chi connectivity index (χ4n) is 1.51. The highest BCUT2D eigenvalue weighted by atomic mass is 32.1. The second-order valence-corrected chi connectivity index (χ2v) is 4.38. The minimum absolute atomic E-state index is 0.186. The Morgan fingerprint density at radius 1 is 1.35 bits per heavy atom. The van der Waals surface area contributed by atoms with E-state index >= 15 is 0 Å². The molecular weight excluding hydrogens is 234 g/mol. The van der Waals surface area contributed by atoms with E-state index in [9.17, 15) is 5.11 Å². The minimum Gasteiger partial charge on any atom is -0.504 e. The van der Waals surface area contributed by atoms with Gasteiger partial charge in [-0.05, 0) is 36.1 Å². The monoisotopic (exact) mass is 249 g/mol. The third-order valence-corrected chi connectivity index (χ3v) is 3.03. The summed E-state index contributed by atoms with van der Waals surface area (Å²) in [7, 11) is 0. The summed E-state index contributed by atoms with van der Waals surface area (Å²) in [6, 6.07) is 7.44. The van der Waals surface area contributed by atoms with E-state index in [-0.39, 0.29) is 5.75 Å². The highest BCUT2D eigenvalue weighted by Gasteiger charge is 2.03. The van der Waals surface area contributed by atoms with Crippen molar-refractivity contribution in [3.8, 4) is 11.5 Å². The first-order valence-corrected chi connectivity index (χ1v) is 6.44. The zero-order valence-corrected chi connectivity index (χ0v) is 10.5. The van der Waals surface area contributed by atoms with Gasteiger partial charge in [-0.2, -0.15) is 11.3 Å². The summed E-state index contributed by atoms with van der Waals surface area (Å²) in [5, 5.41) is 17.0. The number of nitrogens with one attached hydrogen (secondary N) is 1. The third kappa shape index (κ3) is 3.14. The van der Waals surface area contributed by atoms with Gasteiger partial charge in [0, 0.05) is 17.6 Å². The molecule has 17 heavy (non-hydrogen) atoms. The van der Waals surface area contributed by atoms with Gasteiger partial charge in [0.15, 0.2) is 11.5 Å². The average molecular weight is 249 g/mol. The van der Waals surface area contributed by atoms with Crippen molar-refractivity contribution in [1.82, 2.24) is 0 Å². The Labute approximate surface area is 105 Å². The van der Waals surface area contributed by atoms with Gasteiger partial charge in [-0.15, -0.1) is 0 Å². The molecule has 0 bridgehead atoms. The Bertz CT molecular complexity index is 468. The molecule has 90 valence electrons. The highest BCUT2D eigenvalue weighted by Crippen LogP contribution is 2.27. The molecule has 1 aromatic carbocycles. The lowest BCUT2D eigenvalue weighted by Crippen LogP contribution is -1.99. The molecule has 0 fully saturated rings. The lowest BCUT2D eigenvalue weighted by atomic mass is 10.2. The fourth-order valence-corrected chi connectivity index (χ4v) is 2.12. The van der Waals surface area contributed by atoms with Crippen molar-refractivity contribution in [2.75, 3.05) is 11.9 Å². The van der Waals surface area contributed by atoms with Crippen LogP contribution in [-0.4, -0.2) is 11.7 Å². The second-order valence-electron chi connectivity index (χ2n) is 3.60. The van der Waals surface area contributed by atoms with Gasteiger partial charge in [-0.25, -0.2) is 0 Å². The van der Waals surface area contributed by atoms with E-state index in [0.29, 0.717) is 12.4 Å². The van der Waals surface area contributed by atoms with Crippen molar-refractivity contribution in [2.45, 2.75) is 13.5 Å². The molecule has 2 N–H and O–H groups in total. The standard InChI is InChI=1S/C13H15NO2S/c1-2-16-13-7-10(3-4-12(13)15)8-14-11-5-6-17-9-11/h3-7,9,14-15H,2,8H2,1H3. The molecule has 1 aromatic heterocycles. The van der Waals surface area contributed by atoms with Crippen LogP contribution in [0.4, 0.5) is 5.69 Å². The van der Waals surface area contributed by atoms with Crippen molar-refractivity contribution >= 4 is 17.0 Å². The lowest BCUT2D eigenvalue weighted by Gasteiger charge is -2.09. The molecule has 3 nitrogen and oxygen atoms in total. The molecule has 0 radical (unpaired) electrons. The Morgan fingerprint density at radius 3 is 2.94 bits per heavy atom. The van der Waals surface area contributed by atoms with Gasteiger partial charge in [0.05, 0.1) is 6.61 Å². The van der Waals surface area contributed by atoms with Crippen LogP contribution in [-0.2, 0) is 6.54 Å². The minimum atomic E-state index is 0.186. The fraction of sp³-hybridized carbons (Fsp3) is 0.231. The number of phenols is 1. The van der Waals surface area contributed by atoms with Crippen LogP contribution in [0.1, 0.15) is 12.5 Å². The van der Waals surface area contributed by atoms with Gasteiger partial charge < -0.3 is 15.2 Å². The largest absolute Gasteiger partial charge is 0.504 e. The SMILES string of the molecule is CCOc1cc(CNc2ccsc2)ccc1O. The number of rotatable bonds is 5. The maximum Gasteiger partial charge on any atom is 0.161 e. The summed E-state index contributed by atoms with van der Waals surface area (Å²) < 4.78 is 5.34. The highest BCUT2D eigenvalue weighted by molar-refractivity contribution is 7.08. The maximum atomic E-state index is 9.57. The van der Waals surface area contributed by atoms with Crippen LogP contribution in [0.15, 0.2) is 35.0 Å². The van der Waals surface area contributed by atoms with E-state index in [4.69, 9.17) is 4.74 Å². The van der Waals surface area contributed by atoms with E-state index in [0.717, 1.165) is 17.8 Å². The number of benzene rings is 1. The van der Waals surface area contributed by atoms with Crippen molar-refractivity contribution in [1.29, 1.82) is 0 Å². The number of phenolic OH excluding ortho intramolecular Hbond substituents is 1. The molecule has 0 aliphatic rings. The summed E-state index contributed by atoms with van der Waals surface area (Å²) in [5.41, 5.74) is 2.19. The molecule has 0 aliphatic carbocycles. The van der Waals surface area contributed by atoms with Crippen LogP contribution in [0.3, 0.4) is 0 Å². The molecule has 0 unspecified atom stereocenters. The molecular formula is C13H15NO2S. The maximum absolute atomic E-state index is 9.57. The van der Waals surface area contributed by atoms with Gasteiger partial charge in [0.2, 0.25) is 0 Å². The van der Waals surface area contributed by atoms with E-state index < -0.39 is 0 Å². The van der Waals surface area contributed by atoms with Crippen LogP contribution in [0.2, 0.25) is 0 Å². The molecule has 0 spiro atoms. The Hall–Kier alpha value is -1.68. The number of ether oxygens (including phenoxy) is 1. The van der Waals surface area contributed by atoms with Gasteiger partial charge >= 0.3 is 0 Å². The first-order valence-electron chi connectivity index (χ1n) is 5.50. The topological polar surface area (TPSA) is 41.5 Å². The zero-order chi connectivity index (χ0) is 12.1. The van der Waals surface area contributed by atoms with E-state index in [1.54, 1.807) is 17.4 Å². The summed E-state index contributed by atoms with van der Waals surface area (Å²) in [4.78, 5) is 0. The van der Waals surface area contributed by atoms with Crippen LogP contribution in [0.25, 0.3) is 0 Å². The van der Waals surface area contributed by atoms with Crippen LogP contribution in [0, 0.1) is 0 Å². The van der Waals surface area contributed by atoms with E-state index in [2.05, 4.69) is 10.7 Å². The molecule has 2 aromatic rings. The van der Waals surface area contributed by atoms with E-state index in [1.807, 2.05) is 30.5 Å². The first-order chi connectivity index (χ1) is 8.29. The lowest BCUT2D eigenvalue weighted by molar-refractivity contribution is 0.318. The third-order valence-electron chi connectivity index (χ3n) is 2.34. The average Bonchev–Trinajstić information content (AvgIpc) is 2.83. The second kappa shape index (κ2) is 5.59. The summed E-state index contributed by atoms with van der Waals surface area (Å²) in [6.07, 6.45) is 0. The summed E-state index contributed by atoms with van der Waals surface area (Å²) in [5.74, 6) is 0.725. The Morgan fingerprint density at radius 2 is 2.24 bits per heavy atom. The smallest absolute Gasteiger partial charge is 0.161 e. The predicted molar refractivity (Wildman–Crippen MR) is 70.9 cm³/mol. The number of hydrogen-bond acceptors (Lipinski definition) is 4. The molecule has 0 aliphatic heterocycles. The molecule has 4 heteroatoms. The first kappa shape index (κ1) is 11.8. The molecule has 0 amide bonds. The predicted octanol–water partition coefficient (Wildman–Crippen LogP) is 3.46.